The second-order valence-corrected chi connectivity index (χ2v) is 19.4. The molecule has 0 amide bonds. The standard InChI is InChI=1S/C63H62N3O.Pt/c1-39-31-41(3)59(67)54(32-39)60-65-58-51(46-34-47(36-50(35-46)63(10,11)12)55-37-45(29-30-64-55)42-21-25-48(26-22-42)61(4,5)6)19-16-20-56(58)66(60)57-33-40(2)52(38-53(57)43-17-14-13-15-18-43)44-23-27-49(28-24-44)62(7,8)9;/h13-33,35-38,67H,1-12H3;/q-1;/i2D3,4D3,5D3,6D3,21D,22D,25D,26D;. The molecule has 0 saturated carbocycles. The Morgan fingerprint density at radius 2 is 1.26 bits per heavy atom. The minimum absolute atomic E-state index is 0. The Kier molecular flexibility index (Phi) is 8.51. The summed E-state index contributed by atoms with van der Waals surface area (Å²) in [7, 11) is 0. The molecule has 0 aliphatic heterocycles. The van der Waals surface area contributed by atoms with E-state index in [1.165, 1.54) is 18.3 Å². The van der Waals surface area contributed by atoms with Gasteiger partial charge in [0.15, 0.2) is 0 Å². The van der Waals surface area contributed by atoms with Gasteiger partial charge >= 0.3 is 0 Å². The molecule has 0 saturated heterocycles. The average Bonchev–Trinajstić information content (AvgIpc) is 0.743. The zero-order valence-electron chi connectivity index (χ0n) is 55.2. The quantitative estimate of drug-likeness (QED) is 0.162. The number of hydrogen-bond donors (Lipinski definition) is 1. The molecule has 0 spiro atoms. The van der Waals surface area contributed by atoms with Crippen LogP contribution in [0.25, 0.3) is 83.9 Å². The second kappa shape index (κ2) is 18.3. The molecule has 346 valence electrons. The fourth-order valence-corrected chi connectivity index (χ4v) is 8.55. The van der Waals surface area contributed by atoms with Gasteiger partial charge < -0.3 is 5.11 Å². The van der Waals surface area contributed by atoms with Gasteiger partial charge in [-0.1, -0.05) is 176 Å². The molecule has 4 nitrogen and oxygen atoms in total. The molecule has 0 atom stereocenters. The fourth-order valence-electron chi connectivity index (χ4n) is 8.55. The Morgan fingerprint density at radius 1 is 0.574 bits per heavy atom. The largest absolute Gasteiger partial charge is 0.507 e. The van der Waals surface area contributed by atoms with E-state index in [9.17, 15) is 5.11 Å². The molecule has 0 aliphatic rings. The summed E-state index contributed by atoms with van der Waals surface area (Å²) in [5, 5.41) is 12.0. The zero-order chi connectivity index (χ0) is 61.1. The monoisotopic (exact) mass is 1090 g/mol. The van der Waals surface area contributed by atoms with Crippen molar-refractivity contribution in [1.82, 2.24) is 14.5 Å². The third-order valence-corrected chi connectivity index (χ3v) is 12.2. The van der Waals surface area contributed by atoms with E-state index < -0.39 is 68.0 Å². The predicted octanol–water partition coefficient (Wildman–Crippen LogP) is 16.7. The molecule has 1 N–H and O–H groups in total. The van der Waals surface area contributed by atoms with E-state index in [1.807, 2.05) is 135 Å². The van der Waals surface area contributed by atoms with E-state index in [2.05, 4.69) is 31.8 Å². The second-order valence-electron chi connectivity index (χ2n) is 19.4. The summed E-state index contributed by atoms with van der Waals surface area (Å²) in [6.07, 6.45) is 1.38. The number of para-hydroxylation sites is 1. The Morgan fingerprint density at radius 3 is 1.94 bits per heavy atom. The van der Waals surface area contributed by atoms with Crippen molar-refractivity contribution in [2.24, 2.45) is 0 Å². The van der Waals surface area contributed by atoms with Crippen LogP contribution >= 0.6 is 0 Å². The number of phenols is 1. The molecular weight excluding hydrogens is 1010 g/mol. The summed E-state index contributed by atoms with van der Waals surface area (Å²) in [5.41, 5.74) is 3.98. The van der Waals surface area contributed by atoms with E-state index in [4.69, 9.17) is 26.9 Å². The molecular formula is C63H62N3OPt-. The van der Waals surface area contributed by atoms with Crippen LogP contribution < -0.4 is 0 Å². The number of rotatable bonds is 7. The summed E-state index contributed by atoms with van der Waals surface area (Å²) >= 11 is 0. The summed E-state index contributed by atoms with van der Waals surface area (Å²) in [6.45, 7) is 2.05. The molecule has 9 aromatic rings. The van der Waals surface area contributed by atoms with Gasteiger partial charge in [0, 0.05) is 55.0 Å². The van der Waals surface area contributed by atoms with Crippen LogP contribution in [-0.4, -0.2) is 19.6 Å². The number of nitrogens with zero attached hydrogens (tertiary/aromatic N) is 3. The third-order valence-electron chi connectivity index (χ3n) is 12.2. The van der Waals surface area contributed by atoms with Gasteiger partial charge in [-0.3, -0.25) is 9.55 Å². The minimum Gasteiger partial charge on any atom is -0.507 e. The number of benzene rings is 7. The third kappa shape index (κ3) is 9.41. The summed E-state index contributed by atoms with van der Waals surface area (Å²) in [6, 6.07) is 37.0. The maximum absolute atomic E-state index is 12.0. The number of phenolic OH excluding ortho intramolecular Hbond substituents is 1. The normalized spacial score (nSPS) is 16.2. The van der Waals surface area contributed by atoms with Crippen molar-refractivity contribution in [1.29, 1.82) is 0 Å². The SMILES string of the molecule is [2H]c1c([2H])c(C(C([2H])([2H])[2H])(C([2H])([2H])[2H])C([2H])([2H])[2H])c([2H])c([2H])c1-c1ccnc(-c2[c-]c(-c3cccc4c3nc(-c3cc(C)cc(C)c3O)n4-c3cc(C([2H])([2H])[2H])c(-c4ccc(C(C)(C)C)cc4)cc3-c3ccccc3)cc(C(C)(C)C)c2)c1.[Pt]. The Labute approximate surface area is 441 Å². The average molecular weight is 1090 g/mol. The van der Waals surface area contributed by atoms with Gasteiger partial charge in [0.2, 0.25) is 0 Å². The van der Waals surface area contributed by atoms with Crippen molar-refractivity contribution < 1.29 is 48.1 Å². The number of imidazole rings is 1. The van der Waals surface area contributed by atoms with Crippen molar-refractivity contribution in [3.63, 3.8) is 0 Å². The molecule has 2 aromatic heterocycles. The molecule has 0 radical (unpaired) electrons. The molecule has 0 fully saturated rings. The molecule has 5 heteroatoms. The smallest absolute Gasteiger partial charge is 0.148 e. The van der Waals surface area contributed by atoms with Gasteiger partial charge in [0.1, 0.15) is 11.6 Å². The fraction of sp³-hybridized carbons (Fsp3) is 0.238. The van der Waals surface area contributed by atoms with Crippen LogP contribution in [0.4, 0.5) is 0 Å². The van der Waals surface area contributed by atoms with E-state index in [0.717, 1.165) is 27.8 Å². The summed E-state index contributed by atoms with van der Waals surface area (Å²) < 4.78 is 140. The van der Waals surface area contributed by atoms with Crippen LogP contribution in [0.15, 0.2) is 152 Å². The Balaban J connectivity index is 0.00000920. The van der Waals surface area contributed by atoms with Gasteiger partial charge in [0.25, 0.3) is 0 Å². The molecule has 0 aliphatic carbocycles. The van der Waals surface area contributed by atoms with Crippen molar-refractivity contribution in [2.45, 2.75) is 99.0 Å². The first-order valence-electron chi connectivity index (χ1n) is 30.2. The van der Waals surface area contributed by atoms with Crippen LogP contribution in [0.1, 0.15) is 117 Å². The van der Waals surface area contributed by atoms with Crippen molar-refractivity contribution >= 4 is 11.0 Å². The van der Waals surface area contributed by atoms with Crippen molar-refractivity contribution in [2.75, 3.05) is 0 Å². The van der Waals surface area contributed by atoms with E-state index >= 15 is 0 Å². The van der Waals surface area contributed by atoms with Crippen LogP contribution in [0.2, 0.25) is 0 Å². The van der Waals surface area contributed by atoms with Crippen LogP contribution in [0, 0.1) is 26.8 Å². The maximum Gasteiger partial charge on any atom is 0.148 e. The van der Waals surface area contributed by atoms with Crippen molar-refractivity contribution in [3.8, 4) is 78.6 Å². The molecule has 0 unspecified atom stereocenters. The molecule has 7 aromatic carbocycles. The van der Waals surface area contributed by atoms with Gasteiger partial charge in [0.05, 0.1) is 27.8 Å². The van der Waals surface area contributed by atoms with E-state index in [0.29, 0.717) is 61.5 Å². The van der Waals surface area contributed by atoms with Gasteiger partial charge in [-0.25, -0.2) is 4.98 Å². The van der Waals surface area contributed by atoms with Gasteiger partial charge in [-0.15, -0.1) is 29.3 Å². The van der Waals surface area contributed by atoms with Crippen LogP contribution in [-0.2, 0) is 37.3 Å². The van der Waals surface area contributed by atoms with Gasteiger partial charge in [-0.2, -0.15) is 0 Å². The number of hydrogen-bond acceptors (Lipinski definition) is 3. The zero-order valence-corrected chi connectivity index (χ0v) is 41.5. The molecule has 2 heterocycles. The molecule has 68 heavy (non-hydrogen) atoms. The van der Waals surface area contributed by atoms with E-state index in [-0.39, 0.29) is 54.6 Å². The Bertz CT molecular complexity index is 3950. The van der Waals surface area contributed by atoms with Crippen LogP contribution in [0.5, 0.6) is 5.75 Å². The molecule has 0 bridgehead atoms. The first kappa shape index (κ1) is 31.6. The number of fused-ring (bicyclic) bond motifs is 1. The predicted molar refractivity (Wildman–Crippen MR) is 282 cm³/mol. The first-order valence-corrected chi connectivity index (χ1v) is 22.2. The minimum atomic E-state index is -3.84. The van der Waals surface area contributed by atoms with E-state index in [1.54, 1.807) is 13.0 Å². The number of pyridine rings is 1. The van der Waals surface area contributed by atoms with Crippen molar-refractivity contribution in [3.05, 3.63) is 191 Å². The van der Waals surface area contributed by atoms with Crippen LogP contribution in [0.3, 0.4) is 0 Å². The Hall–Kier alpha value is -6.35. The number of aryl methyl sites for hydroxylation is 3. The first-order chi connectivity index (χ1) is 38.4. The van der Waals surface area contributed by atoms with Gasteiger partial charge in [-0.05, 0) is 123 Å². The number of aromatic nitrogens is 3. The summed E-state index contributed by atoms with van der Waals surface area (Å²) in [4.78, 5) is 10.1. The number of aromatic hydroxyl groups is 1. The maximum atomic E-state index is 12.0. The molecule has 9 rings (SSSR count). The summed E-state index contributed by atoms with van der Waals surface area (Å²) in [5.74, 6) is 0.313. The topological polar surface area (TPSA) is 50.9 Å².